The fourth-order valence-corrected chi connectivity index (χ4v) is 3.25. The minimum atomic E-state index is -0.189. The third kappa shape index (κ3) is 5.57. The molecule has 1 saturated carbocycles. The minimum absolute atomic E-state index is 0.189. The Morgan fingerprint density at radius 2 is 2.05 bits per heavy atom. The molecule has 1 aliphatic carbocycles. The smallest absolute Gasteiger partial charge is 0.127 e. The molecule has 1 fully saturated rings. The Kier molecular flexibility index (Phi) is 6.94. The predicted molar refractivity (Wildman–Crippen MR) is 87.2 cm³/mol. The highest BCUT2D eigenvalue weighted by Crippen LogP contribution is 2.21. The predicted octanol–water partition coefficient (Wildman–Crippen LogP) is 4.22. The topological polar surface area (TPSA) is 15.3 Å². The zero-order valence-corrected chi connectivity index (χ0v) is 13.6. The van der Waals surface area contributed by atoms with E-state index >= 15 is 0 Å². The average Bonchev–Trinajstić information content (AvgIpc) is 2.51. The number of halogens is 2. The number of nitrogens with zero attached hydrogens (tertiary/aromatic N) is 1. The second-order valence-electron chi connectivity index (χ2n) is 6.04. The maximum absolute atomic E-state index is 13.5. The molecule has 118 valence electrons. The second-order valence-corrected chi connectivity index (χ2v) is 6.47. The molecule has 1 aliphatic rings. The Hall–Kier alpha value is -0.640. The van der Waals surface area contributed by atoms with Crippen molar-refractivity contribution < 1.29 is 4.39 Å². The molecule has 0 aliphatic heterocycles. The molecule has 0 amide bonds. The van der Waals surface area contributed by atoms with E-state index < -0.39 is 0 Å². The van der Waals surface area contributed by atoms with Gasteiger partial charge in [-0.05, 0) is 57.6 Å². The van der Waals surface area contributed by atoms with Gasteiger partial charge in [0.15, 0.2) is 0 Å². The van der Waals surface area contributed by atoms with Crippen LogP contribution < -0.4 is 5.32 Å². The number of hydrogen-bond acceptors (Lipinski definition) is 2. The molecular formula is C17H26ClFN2. The summed E-state index contributed by atoms with van der Waals surface area (Å²) in [5.41, 5.74) is 0.642. The highest BCUT2D eigenvalue weighted by molar-refractivity contribution is 6.30. The van der Waals surface area contributed by atoms with E-state index in [4.69, 9.17) is 11.6 Å². The van der Waals surface area contributed by atoms with Crippen LogP contribution in [0.4, 0.5) is 4.39 Å². The van der Waals surface area contributed by atoms with Gasteiger partial charge in [-0.25, -0.2) is 4.39 Å². The maximum Gasteiger partial charge on any atom is 0.127 e. The highest BCUT2D eigenvalue weighted by Gasteiger charge is 2.17. The van der Waals surface area contributed by atoms with Crippen molar-refractivity contribution in [1.29, 1.82) is 0 Å². The Morgan fingerprint density at radius 3 is 2.81 bits per heavy atom. The van der Waals surface area contributed by atoms with E-state index in [1.807, 2.05) is 0 Å². The SMILES string of the molecule is CN(CCCNCc1cc(Cl)ccc1F)C1CCCCC1. The maximum atomic E-state index is 13.5. The summed E-state index contributed by atoms with van der Waals surface area (Å²) in [7, 11) is 2.23. The molecule has 1 N–H and O–H groups in total. The lowest BCUT2D eigenvalue weighted by Crippen LogP contribution is -2.35. The fraction of sp³-hybridized carbons (Fsp3) is 0.647. The van der Waals surface area contributed by atoms with Crippen molar-refractivity contribution in [2.45, 2.75) is 51.1 Å². The van der Waals surface area contributed by atoms with Gasteiger partial charge >= 0.3 is 0 Å². The summed E-state index contributed by atoms with van der Waals surface area (Å²) in [5.74, 6) is -0.189. The van der Waals surface area contributed by atoms with E-state index in [9.17, 15) is 4.39 Å². The van der Waals surface area contributed by atoms with Gasteiger partial charge in [0.05, 0.1) is 0 Å². The summed E-state index contributed by atoms with van der Waals surface area (Å²) in [6.07, 6.45) is 7.93. The van der Waals surface area contributed by atoms with Gasteiger partial charge in [0, 0.05) is 23.2 Å². The van der Waals surface area contributed by atoms with Crippen LogP contribution in [0.15, 0.2) is 18.2 Å². The van der Waals surface area contributed by atoms with Gasteiger partial charge in [0.1, 0.15) is 5.82 Å². The Bertz CT molecular complexity index is 433. The minimum Gasteiger partial charge on any atom is -0.313 e. The van der Waals surface area contributed by atoms with Gasteiger partial charge in [-0.1, -0.05) is 30.9 Å². The molecule has 0 heterocycles. The van der Waals surface area contributed by atoms with Crippen LogP contribution in [-0.4, -0.2) is 31.1 Å². The monoisotopic (exact) mass is 312 g/mol. The standard InChI is InChI=1S/C17H26ClFN2/c1-21(16-6-3-2-4-7-16)11-5-10-20-13-14-12-15(18)8-9-17(14)19/h8-9,12,16,20H,2-7,10-11,13H2,1H3. The van der Waals surface area contributed by atoms with Crippen LogP contribution in [0, 0.1) is 5.82 Å². The number of nitrogens with one attached hydrogen (secondary N) is 1. The van der Waals surface area contributed by atoms with Gasteiger partial charge in [-0.3, -0.25) is 0 Å². The molecule has 2 rings (SSSR count). The quantitative estimate of drug-likeness (QED) is 0.758. The van der Waals surface area contributed by atoms with E-state index in [0.717, 1.165) is 25.6 Å². The van der Waals surface area contributed by atoms with Crippen LogP contribution in [0.1, 0.15) is 44.1 Å². The van der Waals surface area contributed by atoms with Crippen molar-refractivity contribution in [2.75, 3.05) is 20.1 Å². The van der Waals surface area contributed by atoms with Crippen molar-refractivity contribution in [3.63, 3.8) is 0 Å². The molecule has 1 aromatic carbocycles. The van der Waals surface area contributed by atoms with E-state index in [0.29, 0.717) is 17.1 Å². The molecule has 0 bridgehead atoms. The molecule has 21 heavy (non-hydrogen) atoms. The van der Waals surface area contributed by atoms with Gasteiger partial charge < -0.3 is 10.2 Å². The first-order valence-corrected chi connectivity index (χ1v) is 8.39. The van der Waals surface area contributed by atoms with Crippen molar-refractivity contribution >= 4 is 11.6 Å². The summed E-state index contributed by atoms with van der Waals surface area (Å²) < 4.78 is 13.5. The van der Waals surface area contributed by atoms with E-state index in [-0.39, 0.29) is 5.82 Å². The lowest BCUT2D eigenvalue weighted by molar-refractivity contribution is 0.189. The normalized spacial score (nSPS) is 16.6. The first kappa shape index (κ1) is 16.7. The third-order valence-corrected chi connectivity index (χ3v) is 4.62. The number of hydrogen-bond donors (Lipinski definition) is 1. The van der Waals surface area contributed by atoms with Gasteiger partial charge in [0.2, 0.25) is 0 Å². The number of rotatable bonds is 7. The fourth-order valence-electron chi connectivity index (χ4n) is 3.06. The van der Waals surface area contributed by atoms with Gasteiger partial charge in [0.25, 0.3) is 0 Å². The van der Waals surface area contributed by atoms with Gasteiger partial charge in [-0.2, -0.15) is 0 Å². The van der Waals surface area contributed by atoms with Crippen LogP contribution in [0.3, 0.4) is 0 Å². The second kappa shape index (κ2) is 8.72. The van der Waals surface area contributed by atoms with Crippen LogP contribution >= 0.6 is 11.6 Å². The molecular weight excluding hydrogens is 287 g/mol. The number of benzene rings is 1. The van der Waals surface area contributed by atoms with E-state index in [1.54, 1.807) is 12.1 Å². The summed E-state index contributed by atoms with van der Waals surface area (Å²) in [4.78, 5) is 2.49. The van der Waals surface area contributed by atoms with Crippen molar-refractivity contribution in [1.82, 2.24) is 10.2 Å². The largest absolute Gasteiger partial charge is 0.313 e. The Balaban J connectivity index is 1.62. The van der Waals surface area contributed by atoms with Crippen LogP contribution in [0.25, 0.3) is 0 Å². The van der Waals surface area contributed by atoms with E-state index in [2.05, 4.69) is 17.3 Å². The van der Waals surface area contributed by atoms with Crippen molar-refractivity contribution in [3.05, 3.63) is 34.6 Å². The molecule has 4 heteroatoms. The summed E-state index contributed by atoms with van der Waals surface area (Å²) in [6.45, 7) is 2.55. The zero-order chi connectivity index (χ0) is 15.1. The van der Waals surface area contributed by atoms with Crippen LogP contribution in [0.5, 0.6) is 0 Å². The van der Waals surface area contributed by atoms with Crippen LogP contribution in [0.2, 0.25) is 5.02 Å². The van der Waals surface area contributed by atoms with E-state index in [1.165, 1.54) is 38.2 Å². The Morgan fingerprint density at radius 1 is 1.29 bits per heavy atom. The molecule has 0 aromatic heterocycles. The molecule has 0 radical (unpaired) electrons. The zero-order valence-electron chi connectivity index (χ0n) is 12.9. The third-order valence-electron chi connectivity index (χ3n) is 4.39. The lowest BCUT2D eigenvalue weighted by Gasteiger charge is -2.31. The highest BCUT2D eigenvalue weighted by atomic mass is 35.5. The molecule has 0 unspecified atom stereocenters. The van der Waals surface area contributed by atoms with Gasteiger partial charge in [-0.15, -0.1) is 0 Å². The average molecular weight is 313 g/mol. The molecule has 0 saturated heterocycles. The summed E-state index contributed by atoms with van der Waals surface area (Å²) >= 11 is 5.88. The molecule has 2 nitrogen and oxygen atoms in total. The summed E-state index contributed by atoms with van der Waals surface area (Å²) in [6, 6.07) is 5.47. The molecule has 0 spiro atoms. The van der Waals surface area contributed by atoms with Crippen molar-refractivity contribution in [3.8, 4) is 0 Å². The van der Waals surface area contributed by atoms with Crippen molar-refractivity contribution in [2.24, 2.45) is 0 Å². The molecule has 0 atom stereocenters. The molecule has 1 aromatic rings. The van der Waals surface area contributed by atoms with Crippen LogP contribution in [-0.2, 0) is 6.54 Å². The first-order valence-electron chi connectivity index (χ1n) is 8.01. The Labute approximate surface area is 132 Å². The summed E-state index contributed by atoms with van der Waals surface area (Å²) in [5, 5.41) is 3.89. The lowest BCUT2D eigenvalue weighted by atomic mass is 9.94. The first-order chi connectivity index (χ1) is 10.2.